The molecule has 0 unspecified atom stereocenters. The maximum Gasteiger partial charge on any atom is 0.349 e. The van der Waals surface area contributed by atoms with Crippen molar-refractivity contribution in [3.05, 3.63) is 69.1 Å². The summed E-state index contributed by atoms with van der Waals surface area (Å²) in [6.45, 7) is 3.04. The number of carbonyl (C=O) groups excluding carboxylic acids is 1. The molecule has 128 valence electrons. The van der Waals surface area contributed by atoms with Crippen LogP contribution in [0.2, 0.25) is 0 Å². The Morgan fingerprint density at radius 1 is 1.32 bits per heavy atom. The first-order chi connectivity index (χ1) is 11.9. The molecule has 1 aromatic carbocycles. The number of benzene rings is 1. The molecule has 2 N–H and O–H groups in total. The van der Waals surface area contributed by atoms with Gasteiger partial charge in [-0.15, -0.1) is 0 Å². The number of anilines is 1. The van der Waals surface area contributed by atoms with Crippen LogP contribution in [0.3, 0.4) is 0 Å². The maximum absolute atomic E-state index is 13.9. The molecule has 0 radical (unpaired) electrons. The SMILES string of the molecule is Cc1ccc(NC(=O)c2cc3c(CO)cnc(C)c3oc2=O)c(F)c1. The summed E-state index contributed by atoms with van der Waals surface area (Å²) in [5.41, 5.74) is 0.598. The van der Waals surface area contributed by atoms with Crippen LogP contribution in [-0.2, 0) is 6.61 Å². The van der Waals surface area contributed by atoms with Gasteiger partial charge in [-0.05, 0) is 37.6 Å². The second-order valence-corrected chi connectivity index (χ2v) is 5.65. The standard InChI is InChI=1S/C18H15FN2O4/c1-9-3-4-15(14(19)5-9)21-17(23)13-6-12-11(8-22)7-20-10(2)16(12)25-18(13)24/h3-7,22H,8H2,1-2H3,(H,21,23). The highest BCUT2D eigenvalue weighted by molar-refractivity contribution is 6.05. The highest BCUT2D eigenvalue weighted by Gasteiger charge is 2.18. The van der Waals surface area contributed by atoms with Gasteiger partial charge in [0, 0.05) is 17.1 Å². The minimum Gasteiger partial charge on any atom is -0.420 e. The molecular weight excluding hydrogens is 327 g/mol. The zero-order valence-corrected chi connectivity index (χ0v) is 13.6. The third kappa shape index (κ3) is 3.14. The fourth-order valence-corrected chi connectivity index (χ4v) is 2.48. The summed E-state index contributed by atoms with van der Waals surface area (Å²) >= 11 is 0. The predicted molar refractivity (Wildman–Crippen MR) is 90.0 cm³/mol. The lowest BCUT2D eigenvalue weighted by atomic mass is 10.1. The molecule has 7 heteroatoms. The van der Waals surface area contributed by atoms with Crippen molar-refractivity contribution in [3.8, 4) is 0 Å². The fourth-order valence-electron chi connectivity index (χ4n) is 2.48. The van der Waals surface area contributed by atoms with Gasteiger partial charge in [-0.1, -0.05) is 6.07 Å². The second kappa shape index (κ2) is 6.45. The minimum atomic E-state index is -0.863. The zero-order valence-electron chi connectivity index (χ0n) is 13.6. The van der Waals surface area contributed by atoms with Gasteiger partial charge in [-0.3, -0.25) is 9.78 Å². The number of nitrogens with zero attached hydrogens (tertiary/aromatic N) is 1. The smallest absolute Gasteiger partial charge is 0.349 e. The number of carbonyl (C=O) groups is 1. The normalized spacial score (nSPS) is 10.9. The quantitative estimate of drug-likeness (QED) is 0.763. The Kier molecular flexibility index (Phi) is 4.33. The van der Waals surface area contributed by atoms with Crippen molar-refractivity contribution in [3.63, 3.8) is 0 Å². The number of pyridine rings is 1. The molecule has 0 aliphatic rings. The minimum absolute atomic E-state index is 0.0385. The molecule has 0 bridgehead atoms. The van der Waals surface area contributed by atoms with Crippen molar-refractivity contribution < 1.29 is 18.7 Å². The molecular formula is C18H15FN2O4. The van der Waals surface area contributed by atoms with Crippen LogP contribution in [0.5, 0.6) is 0 Å². The van der Waals surface area contributed by atoms with Gasteiger partial charge < -0.3 is 14.8 Å². The van der Waals surface area contributed by atoms with Crippen LogP contribution in [0.4, 0.5) is 10.1 Å². The number of hydrogen-bond donors (Lipinski definition) is 2. The zero-order chi connectivity index (χ0) is 18.1. The third-order valence-corrected chi connectivity index (χ3v) is 3.82. The lowest BCUT2D eigenvalue weighted by Gasteiger charge is -2.09. The van der Waals surface area contributed by atoms with Crippen LogP contribution >= 0.6 is 0 Å². The number of rotatable bonds is 3. The monoisotopic (exact) mass is 342 g/mol. The number of aliphatic hydroxyl groups is 1. The number of fused-ring (bicyclic) bond motifs is 1. The van der Waals surface area contributed by atoms with E-state index in [1.165, 1.54) is 24.4 Å². The Hall–Kier alpha value is -3.06. The number of aliphatic hydroxyl groups excluding tert-OH is 1. The molecule has 2 heterocycles. The molecule has 0 fully saturated rings. The van der Waals surface area contributed by atoms with E-state index < -0.39 is 17.3 Å². The molecule has 0 spiro atoms. The molecule has 3 aromatic rings. The van der Waals surface area contributed by atoms with Crippen LogP contribution in [-0.4, -0.2) is 16.0 Å². The average molecular weight is 342 g/mol. The van der Waals surface area contributed by atoms with Gasteiger partial charge in [0.1, 0.15) is 11.4 Å². The molecule has 0 saturated heterocycles. The predicted octanol–water partition coefficient (Wildman–Crippen LogP) is 2.69. The Morgan fingerprint density at radius 2 is 2.08 bits per heavy atom. The molecule has 0 aliphatic heterocycles. The van der Waals surface area contributed by atoms with Gasteiger partial charge in [-0.2, -0.15) is 0 Å². The summed E-state index contributed by atoms with van der Waals surface area (Å²) in [6.07, 6.45) is 1.44. The van der Waals surface area contributed by atoms with Crippen molar-refractivity contribution >= 4 is 22.6 Å². The van der Waals surface area contributed by atoms with Crippen molar-refractivity contribution in [1.82, 2.24) is 4.98 Å². The highest BCUT2D eigenvalue weighted by Crippen LogP contribution is 2.21. The molecule has 0 atom stereocenters. The molecule has 1 amide bonds. The van der Waals surface area contributed by atoms with Gasteiger partial charge in [0.2, 0.25) is 0 Å². The van der Waals surface area contributed by atoms with Gasteiger partial charge in [0.05, 0.1) is 18.0 Å². The van der Waals surface area contributed by atoms with E-state index in [1.54, 1.807) is 19.9 Å². The van der Waals surface area contributed by atoms with E-state index in [4.69, 9.17) is 4.42 Å². The summed E-state index contributed by atoms with van der Waals surface area (Å²) < 4.78 is 19.1. The summed E-state index contributed by atoms with van der Waals surface area (Å²) in [7, 11) is 0. The number of nitrogens with one attached hydrogen (secondary N) is 1. The summed E-state index contributed by atoms with van der Waals surface area (Å²) in [5.74, 6) is -1.40. The van der Waals surface area contributed by atoms with E-state index in [0.29, 0.717) is 22.2 Å². The van der Waals surface area contributed by atoms with Crippen LogP contribution in [0.15, 0.2) is 39.7 Å². The summed E-state index contributed by atoms with van der Waals surface area (Å²) in [4.78, 5) is 28.6. The van der Waals surface area contributed by atoms with Gasteiger partial charge in [-0.25, -0.2) is 9.18 Å². The van der Waals surface area contributed by atoms with E-state index in [1.807, 2.05) is 0 Å². The second-order valence-electron chi connectivity index (χ2n) is 5.65. The number of aromatic nitrogens is 1. The molecule has 6 nitrogen and oxygen atoms in total. The first kappa shape index (κ1) is 16.8. The van der Waals surface area contributed by atoms with E-state index >= 15 is 0 Å². The van der Waals surface area contributed by atoms with E-state index in [0.717, 1.165) is 0 Å². The van der Waals surface area contributed by atoms with Gasteiger partial charge in [0.15, 0.2) is 5.58 Å². The van der Waals surface area contributed by atoms with Crippen molar-refractivity contribution in [2.75, 3.05) is 5.32 Å². The van der Waals surface area contributed by atoms with E-state index in [-0.39, 0.29) is 23.4 Å². The topological polar surface area (TPSA) is 92.4 Å². The summed E-state index contributed by atoms with van der Waals surface area (Å²) in [5, 5.41) is 12.2. The molecule has 0 aliphatic carbocycles. The first-order valence-electron chi connectivity index (χ1n) is 7.51. The summed E-state index contributed by atoms with van der Waals surface area (Å²) in [6, 6.07) is 5.65. The number of halogens is 1. The lowest BCUT2D eigenvalue weighted by molar-refractivity contribution is 0.102. The molecule has 0 saturated carbocycles. The highest BCUT2D eigenvalue weighted by atomic mass is 19.1. The molecule has 3 rings (SSSR count). The molecule has 25 heavy (non-hydrogen) atoms. The van der Waals surface area contributed by atoms with E-state index in [2.05, 4.69) is 10.3 Å². The number of amides is 1. The van der Waals surface area contributed by atoms with Crippen molar-refractivity contribution in [1.29, 1.82) is 0 Å². The van der Waals surface area contributed by atoms with Crippen LogP contribution in [0.25, 0.3) is 11.0 Å². The van der Waals surface area contributed by atoms with Gasteiger partial charge >= 0.3 is 5.63 Å². The van der Waals surface area contributed by atoms with Crippen LogP contribution < -0.4 is 10.9 Å². The Morgan fingerprint density at radius 3 is 2.76 bits per heavy atom. The Labute approximate surface area is 141 Å². The Balaban J connectivity index is 2.07. The fraction of sp³-hybridized carbons (Fsp3) is 0.167. The Bertz CT molecular complexity index is 1040. The molecule has 2 aromatic heterocycles. The number of hydrogen-bond acceptors (Lipinski definition) is 5. The lowest BCUT2D eigenvalue weighted by Crippen LogP contribution is -2.21. The van der Waals surface area contributed by atoms with E-state index in [9.17, 15) is 19.1 Å². The van der Waals surface area contributed by atoms with Gasteiger partial charge in [0.25, 0.3) is 5.91 Å². The van der Waals surface area contributed by atoms with Crippen LogP contribution in [0.1, 0.15) is 27.2 Å². The average Bonchev–Trinajstić information content (AvgIpc) is 2.57. The third-order valence-electron chi connectivity index (χ3n) is 3.82. The maximum atomic E-state index is 13.9. The van der Waals surface area contributed by atoms with Crippen LogP contribution in [0, 0.1) is 19.7 Å². The number of aryl methyl sites for hydroxylation is 2. The first-order valence-corrected chi connectivity index (χ1v) is 7.51. The largest absolute Gasteiger partial charge is 0.420 e. The van der Waals surface area contributed by atoms with Crippen molar-refractivity contribution in [2.45, 2.75) is 20.5 Å². The van der Waals surface area contributed by atoms with Crippen molar-refractivity contribution in [2.24, 2.45) is 0 Å².